The van der Waals surface area contributed by atoms with Crippen LogP contribution in [0.4, 0.5) is 4.39 Å². The van der Waals surface area contributed by atoms with Crippen molar-refractivity contribution in [2.45, 2.75) is 30.5 Å². The largest absolute Gasteiger partial charge is 0.478 e. The van der Waals surface area contributed by atoms with Crippen molar-refractivity contribution >= 4 is 17.7 Å². The van der Waals surface area contributed by atoms with Gasteiger partial charge in [-0.2, -0.15) is 0 Å². The van der Waals surface area contributed by atoms with E-state index in [-0.39, 0.29) is 5.56 Å². The summed E-state index contributed by atoms with van der Waals surface area (Å²) in [6.07, 6.45) is 4.60. The van der Waals surface area contributed by atoms with E-state index in [1.165, 1.54) is 23.9 Å². The van der Waals surface area contributed by atoms with Gasteiger partial charge < -0.3 is 9.67 Å². The van der Waals surface area contributed by atoms with Gasteiger partial charge in [0.2, 0.25) is 0 Å². The molecule has 0 aliphatic carbocycles. The molecule has 4 nitrogen and oxygen atoms in total. The van der Waals surface area contributed by atoms with Crippen molar-refractivity contribution in [2.75, 3.05) is 0 Å². The standard InChI is InChI=1S/C14H15FN2O2S/c1-2-5-17-9-16-7-10(17)8-20-11-3-4-13(15)12(6-11)14(18)19/h3-4,6-7,9H,2,5,8H2,1H3,(H,18,19). The average molecular weight is 294 g/mol. The van der Waals surface area contributed by atoms with E-state index in [0.29, 0.717) is 5.75 Å². The number of aryl methyl sites for hydroxylation is 1. The molecule has 106 valence electrons. The maximum atomic E-state index is 13.3. The molecule has 0 aliphatic heterocycles. The van der Waals surface area contributed by atoms with E-state index in [1.54, 1.807) is 18.6 Å². The zero-order valence-corrected chi connectivity index (χ0v) is 11.9. The molecule has 1 heterocycles. The molecule has 0 saturated carbocycles. The van der Waals surface area contributed by atoms with Crippen molar-refractivity contribution in [1.29, 1.82) is 0 Å². The predicted octanol–water partition coefficient (Wildman–Crippen LogP) is 3.42. The second-order valence-corrected chi connectivity index (χ2v) is 5.36. The van der Waals surface area contributed by atoms with Gasteiger partial charge in [0.1, 0.15) is 5.82 Å². The molecule has 6 heteroatoms. The quantitative estimate of drug-likeness (QED) is 0.829. The van der Waals surface area contributed by atoms with Gasteiger partial charge in [0.05, 0.1) is 11.9 Å². The van der Waals surface area contributed by atoms with Crippen molar-refractivity contribution in [2.24, 2.45) is 0 Å². The van der Waals surface area contributed by atoms with Crippen molar-refractivity contribution in [3.8, 4) is 0 Å². The van der Waals surface area contributed by atoms with Gasteiger partial charge in [0.25, 0.3) is 0 Å². The van der Waals surface area contributed by atoms with Crippen molar-refractivity contribution in [3.63, 3.8) is 0 Å². The van der Waals surface area contributed by atoms with E-state index < -0.39 is 11.8 Å². The van der Waals surface area contributed by atoms with Crippen LogP contribution in [-0.2, 0) is 12.3 Å². The van der Waals surface area contributed by atoms with E-state index in [1.807, 2.05) is 0 Å². The first-order valence-corrected chi connectivity index (χ1v) is 7.25. The lowest BCUT2D eigenvalue weighted by Crippen LogP contribution is -2.01. The summed E-state index contributed by atoms with van der Waals surface area (Å²) >= 11 is 1.47. The molecule has 20 heavy (non-hydrogen) atoms. The Bertz CT molecular complexity index is 613. The number of hydrogen-bond acceptors (Lipinski definition) is 3. The number of carbonyl (C=O) groups is 1. The van der Waals surface area contributed by atoms with E-state index in [2.05, 4.69) is 16.5 Å². The molecule has 0 aliphatic rings. The molecule has 2 rings (SSSR count). The number of imidazole rings is 1. The van der Waals surface area contributed by atoms with Crippen LogP contribution in [0.3, 0.4) is 0 Å². The summed E-state index contributed by atoms with van der Waals surface area (Å²) in [6.45, 7) is 3.00. The number of hydrogen-bond donors (Lipinski definition) is 1. The van der Waals surface area contributed by atoms with Gasteiger partial charge >= 0.3 is 5.97 Å². The van der Waals surface area contributed by atoms with Gasteiger partial charge in [0, 0.05) is 29.1 Å². The highest BCUT2D eigenvalue weighted by atomic mass is 32.2. The molecule has 1 aromatic heterocycles. The third-order valence-electron chi connectivity index (χ3n) is 2.82. The minimum atomic E-state index is -1.25. The molecule has 0 bridgehead atoms. The molecule has 1 N–H and O–H groups in total. The monoisotopic (exact) mass is 294 g/mol. The van der Waals surface area contributed by atoms with Crippen LogP contribution in [0.1, 0.15) is 29.4 Å². The fraction of sp³-hybridized carbons (Fsp3) is 0.286. The minimum Gasteiger partial charge on any atom is -0.478 e. The van der Waals surface area contributed by atoms with Gasteiger partial charge in [-0.15, -0.1) is 11.8 Å². The SMILES string of the molecule is CCCn1cncc1CSc1ccc(F)c(C(=O)O)c1. The second-order valence-electron chi connectivity index (χ2n) is 4.31. The first-order chi connectivity index (χ1) is 9.61. The number of nitrogens with zero attached hydrogens (tertiary/aromatic N) is 2. The lowest BCUT2D eigenvalue weighted by Gasteiger charge is -2.07. The van der Waals surface area contributed by atoms with Crippen LogP contribution in [0.2, 0.25) is 0 Å². The Morgan fingerprint density at radius 2 is 2.30 bits per heavy atom. The van der Waals surface area contributed by atoms with Crippen molar-refractivity contribution in [1.82, 2.24) is 9.55 Å². The summed E-state index contributed by atoms with van der Waals surface area (Å²) in [5.74, 6) is -1.29. The number of thioether (sulfide) groups is 1. The molecule has 2 aromatic rings. The van der Waals surface area contributed by atoms with Crippen LogP contribution >= 0.6 is 11.8 Å². The van der Waals surface area contributed by atoms with Gasteiger partial charge in [-0.1, -0.05) is 6.92 Å². The number of benzene rings is 1. The summed E-state index contributed by atoms with van der Waals surface area (Å²) in [5, 5.41) is 8.89. The summed E-state index contributed by atoms with van der Waals surface area (Å²) in [6, 6.07) is 4.14. The molecular formula is C14H15FN2O2S. The van der Waals surface area contributed by atoms with Crippen LogP contribution in [0, 0.1) is 5.82 Å². The van der Waals surface area contributed by atoms with Gasteiger partial charge in [0.15, 0.2) is 0 Å². The number of carboxylic acids is 1. The molecular weight excluding hydrogens is 279 g/mol. The van der Waals surface area contributed by atoms with Crippen molar-refractivity contribution in [3.05, 3.63) is 47.8 Å². The first kappa shape index (κ1) is 14.6. The van der Waals surface area contributed by atoms with Crippen LogP contribution in [0.15, 0.2) is 35.6 Å². The lowest BCUT2D eigenvalue weighted by molar-refractivity contribution is 0.0691. The summed E-state index contributed by atoms with van der Waals surface area (Å²) in [5.41, 5.74) is 0.773. The third kappa shape index (κ3) is 3.39. The Hall–Kier alpha value is -1.82. The van der Waals surface area contributed by atoms with Gasteiger partial charge in [-0.05, 0) is 24.6 Å². The zero-order chi connectivity index (χ0) is 14.5. The second kappa shape index (κ2) is 6.56. The van der Waals surface area contributed by atoms with E-state index in [9.17, 15) is 9.18 Å². The maximum absolute atomic E-state index is 13.3. The first-order valence-electron chi connectivity index (χ1n) is 6.26. The van der Waals surface area contributed by atoms with Crippen molar-refractivity contribution < 1.29 is 14.3 Å². The topological polar surface area (TPSA) is 55.1 Å². The van der Waals surface area contributed by atoms with E-state index >= 15 is 0 Å². The lowest BCUT2D eigenvalue weighted by atomic mass is 10.2. The number of halogens is 1. The molecule has 0 spiro atoms. The molecule has 0 atom stereocenters. The predicted molar refractivity (Wildman–Crippen MR) is 75.4 cm³/mol. The molecule has 0 unspecified atom stereocenters. The normalized spacial score (nSPS) is 10.7. The summed E-state index contributed by atoms with van der Waals surface area (Å²) in [7, 11) is 0. The average Bonchev–Trinajstić information content (AvgIpc) is 2.85. The minimum absolute atomic E-state index is 0.294. The summed E-state index contributed by atoms with van der Waals surface area (Å²) in [4.78, 5) is 15.7. The smallest absolute Gasteiger partial charge is 0.338 e. The molecule has 0 saturated heterocycles. The highest BCUT2D eigenvalue weighted by molar-refractivity contribution is 7.98. The van der Waals surface area contributed by atoms with Crippen LogP contribution in [0.25, 0.3) is 0 Å². The Labute approximate surface area is 120 Å². The van der Waals surface area contributed by atoms with Gasteiger partial charge in [-0.25, -0.2) is 14.2 Å². The fourth-order valence-electron chi connectivity index (χ4n) is 1.83. The molecule has 1 aromatic carbocycles. The van der Waals surface area contributed by atoms with Crippen LogP contribution < -0.4 is 0 Å². The number of aromatic nitrogens is 2. The Morgan fingerprint density at radius 1 is 1.50 bits per heavy atom. The third-order valence-corrected chi connectivity index (χ3v) is 3.85. The molecule has 0 amide bonds. The highest BCUT2D eigenvalue weighted by Crippen LogP contribution is 2.25. The zero-order valence-electron chi connectivity index (χ0n) is 11.0. The Balaban J connectivity index is 2.09. The molecule has 0 radical (unpaired) electrons. The van der Waals surface area contributed by atoms with E-state index in [0.717, 1.165) is 23.6 Å². The highest BCUT2D eigenvalue weighted by Gasteiger charge is 2.11. The van der Waals surface area contributed by atoms with Crippen LogP contribution in [0.5, 0.6) is 0 Å². The summed E-state index contributed by atoms with van der Waals surface area (Å²) < 4.78 is 15.4. The number of aromatic carboxylic acids is 1. The fourth-order valence-corrected chi connectivity index (χ4v) is 2.75. The number of rotatable bonds is 6. The maximum Gasteiger partial charge on any atom is 0.338 e. The van der Waals surface area contributed by atoms with Gasteiger partial charge in [-0.3, -0.25) is 0 Å². The molecule has 0 fully saturated rings. The number of carboxylic acid groups (broad SMARTS) is 1. The Morgan fingerprint density at radius 3 is 3.00 bits per heavy atom. The van der Waals surface area contributed by atoms with E-state index in [4.69, 9.17) is 5.11 Å². The Kier molecular flexibility index (Phi) is 4.79. The van der Waals surface area contributed by atoms with Crippen LogP contribution in [-0.4, -0.2) is 20.6 Å².